The fourth-order valence-electron chi connectivity index (χ4n) is 4.65. The predicted octanol–water partition coefficient (Wildman–Crippen LogP) is 6.74. The second kappa shape index (κ2) is 12.0. The molecule has 7 nitrogen and oxygen atoms in total. The maximum Gasteiger partial charge on any atom is 0.278 e. The standard InChI is InChI=1S/C34H24ClN5O2/c35-27-14-11-23(12-15-27)13-16-32(41)38-28-8-1-6-25(20-28)26-7-2-9-29(21-26)40-33-30(10-4-18-37-33)39-31(34(40)42)19-24-5-3-17-36-22-24/h1-18,20-22H,19H2,(H,38,41). The molecule has 3 aromatic carbocycles. The van der Waals surface area contributed by atoms with E-state index in [1.807, 2.05) is 78.9 Å². The summed E-state index contributed by atoms with van der Waals surface area (Å²) in [5.74, 6) is -0.252. The number of nitrogens with one attached hydrogen (secondary N) is 1. The monoisotopic (exact) mass is 569 g/mol. The SMILES string of the molecule is O=C(C=Cc1ccc(Cl)cc1)Nc1cccc(-c2cccc(-n3c(=O)c(Cc4cccnc4)nc4cccnc43)c2)c1. The molecule has 0 aliphatic heterocycles. The van der Waals surface area contributed by atoms with Gasteiger partial charge >= 0.3 is 0 Å². The molecule has 0 unspecified atom stereocenters. The van der Waals surface area contributed by atoms with Gasteiger partial charge in [-0.1, -0.05) is 54.1 Å². The lowest BCUT2D eigenvalue weighted by molar-refractivity contribution is -0.111. The third kappa shape index (κ3) is 6.01. The van der Waals surface area contributed by atoms with Crippen molar-refractivity contribution < 1.29 is 4.79 Å². The van der Waals surface area contributed by atoms with Crippen LogP contribution in [0.25, 0.3) is 34.1 Å². The van der Waals surface area contributed by atoms with Crippen LogP contribution in [0.2, 0.25) is 5.02 Å². The topological polar surface area (TPSA) is 89.8 Å². The first kappa shape index (κ1) is 26.8. The molecule has 0 radical (unpaired) electrons. The van der Waals surface area contributed by atoms with Crippen molar-refractivity contribution in [1.29, 1.82) is 0 Å². The number of nitrogens with zero attached hydrogens (tertiary/aromatic N) is 4. The van der Waals surface area contributed by atoms with E-state index in [2.05, 4.69) is 20.3 Å². The Balaban J connectivity index is 1.31. The van der Waals surface area contributed by atoms with Gasteiger partial charge in [-0.15, -0.1) is 0 Å². The zero-order chi connectivity index (χ0) is 28.9. The van der Waals surface area contributed by atoms with E-state index < -0.39 is 0 Å². The number of hydrogen-bond acceptors (Lipinski definition) is 5. The zero-order valence-electron chi connectivity index (χ0n) is 22.3. The minimum Gasteiger partial charge on any atom is -0.322 e. The zero-order valence-corrected chi connectivity index (χ0v) is 23.1. The second-order valence-corrected chi connectivity index (χ2v) is 10.0. The van der Waals surface area contributed by atoms with E-state index in [1.165, 1.54) is 6.08 Å². The van der Waals surface area contributed by atoms with Gasteiger partial charge in [0.2, 0.25) is 5.91 Å². The molecule has 0 saturated carbocycles. The Bertz CT molecular complexity index is 1990. The average Bonchev–Trinajstić information content (AvgIpc) is 3.02. The van der Waals surface area contributed by atoms with Crippen molar-refractivity contribution >= 4 is 40.4 Å². The minimum absolute atomic E-state index is 0.240. The summed E-state index contributed by atoms with van der Waals surface area (Å²) in [6.07, 6.45) is 8.64. The fourth-order valence-corrected chi connectivity index (χ4v) is 4.77. The molecule has 0 aliphatic carbocycles. The molecule has 3 heterocycles. The summed E-state index contributed by atoms with van der Waals surface area (Å²) >= 11 is 5.93. The molecule has 1 N–H and O–H groups in total. The number of amides is 1. The van der Waals surface area contributed by atoms with E-state index in [-0.39, 0.29) is 11.5 Å². The van der Waals surface area contributed by atoms with E-state index in [9.17, 15) is 9.59 Å². The lowest BCUT2D eigenvalue weighted by atomic mass is 10.0. The van der Waals surface area contributed by atoms with E-state index in [0.29, 0.717) is 39.7 Å². The van der Waals surface area contributed by atoms with Gasteiger partial charge < -0.3 is 5.32 Å². The van der Waals surface area contributed by atoms with Crippen LogP contribution < -0.4 is 10.9 Å². The molecule has 0 spiro atoms. The summed E-state index contributed by atoms with van der Waals surface area (Å²) in [6.45, 7) is 0. The molecule has 42 heavy (non-hydrogen) atoms. The lowest BCUT2D eigenvalue weighted by Crippen LogP contribution is -2.25. The minimum atomic E-state index is -0.252. The van der Waals surface area contributed by atoms with Crippen LogP contribution in [0.4, 0.5) is 5.69 Å². The van der Waals surface area contributed by atoms with Gasteiger partial charge in [0.25, 0.3) is 5.56 Å². The van der Waals surface area contributed by atoms with Gasteiger partial charge in [0, 0.05) is 41.8 Å². The van der Waals surface area contributed by atoms with Crippen molar-refractivity contribution in [2.45, 2.75) is 6.42 Å². The molecular formula is C34H24ClN5O2. The Hall–Kier alpha value is -5.40. The van der Waals surface area contributed by atoms with Crippen LogP contribution in [0.15, 0.2) is 127 Å². The number of anilines is 1. The number of carbonyl (C=O) groups excluding carboxylic acids is 1. The number of hydrogen-bond donors (Lipinski definition) is 1. The third-order valence-corrected chi connectivity index (χ3v) is 6.89. The van der Waals surface area contributed by atoms with Crippen molar-refractivity contribution in [2.75, 3.05) is 5.32 Å². The van der Waals surface area contributed by atoms with Gasteiger partial charge in [-0.05, 0) is 82.9 Å². The molecule has 204 valence electrons. The highest BCUT2D eigenvalue weighted by Gasteiger charge is 2.15. The normalized spacial score (nSPS) is 11.2. The smallest absolute Gasteiger partial charge is 0.278 e. The highest BCUT2D eigenvalue weighted by atomic mass is 35.5. The van der Waals surface area contributed by atoms with E-state index in [1.54, 1.807) is 47.4 Å². The molecule has 0 fully saturated rings. The van der Waals surface area contributed by atoms with E-state index in [0.717, 1.165) is 22.3 Å². The fraction of sp³-hybridized carbons (Fsp3) is 0.0294. The summed E-state index contributed by atoms with van der Waals surface area (Å²) in [5.41, 5.74) is 6.10. The number of halogens is 1. The summed E-state index contributed by atoms with van der Waals surface area (Å²) in [4.78, 5) is 39.6. The number of benzene rings is 3. The molecule has 3 aromatic heterocycles. The molecule has 0 aliphatic rings. The maximum absolute atomic E-state index is 13.8. The lowest BCUT2D eigenvalue weighted by Gasteiger charge is -2.13. The highest BCUT2D eigenvalue weighted by molar-refractivity contribution is 6.30. The first-order valence-electron chi connectivity index (χ1n) is 13.2. The Kier molecular flexibility index (Phi) is 7.66. The Morgan fingerprint density at radius 1 is 0.881 bits per heavy atom. The predicted molar refractivity (Wildman–Crippen MR) is 167 cm³/mol. The summed E-state index contributed by atoms with van der Waals surface area (Å²) in [6, 6.07) is 29.9. The van der Waals surface area contributed by atoms with E-state index >= 15 is 0 Å². The van der Waals surface area contributed by atoms with Crippen LogP contribution in [0, 0.1) is 0 Å². The average molecular weight is 570 g/mol. The third-order valence-electron chi connectivity index (χ3n) is 6.64. The Morgan fingerprint density at radius 2 is 1.67 bits per heavy atom. The van der Waals surface area contributed by atoms with Gasteiger partial charge in [-0.25, -0.2) is 9.97 Å². The van der Waals surface area contributed by atoms with E-state index in [4.69, 9.17) is 11.6 Å². The largest absolute Gasteiger partial charge is 0.322 e. The first-order chi connectivity index (χ1) is 20.5. The molecule has 6 aromatic rings. The van der Waals surface area contributed by atoms with Crippen LogP contribution in [0.3, 0.4) is 0 Å². The molecule has 0 saturated heterocycles. The summed E-state index contributed by atoms with van der Waals surface area (Å²) in [5, 5.41) is 3.55. The number of carbonyl (C=O) groups is 1. The molecule has 8 heteroatoms. The van der Waals surface area contributed by atoms with Gasteiger partial charge in [0.1, 0.15) is 11.2 Å². The quantitative estimate of drug-likeness (QED) is 0.215. The maximum atomic E-state index is 13.8. The molecule has 6 rings (SSSR count). The number of rotatable bonds is 7. The summed E-state index contributed by atoms with van der Waals surface area (Å²) in [7, 11) is 0. The van der Waals surface area contributed by atoms with Crippen LogP contribution in [0.1, 0.15) is 16.8 Å². The first-order valence-corrected chi connectivity index (χ1v) is 13.6. The molecule has 0 bridgehead atoms. The van der Waals surface area contributed by atoms with Gasteiger partial charge in [-0.2, -0.15) is 0 Å². The van der Waals surface area contributed by atoms with Crippen LogP contribution in [-0.2, 0) is 11.2 Å². The van der Waals surface area contributed by atoms with Crippen molar-refractivity contribution in [3.8, 4) is 16.8 Å². The highest BCUT2D eigenvalue weighted by Crippen LogP contribution is 2.26. The second-order valence-electron chi connectivity index (χ2n) is 9.59. The van der Waals surface area contributed by atoms with Crippen LogP contribution in [0.5, 0.6) is 0 Å². The van der Waals surface area contributed by atoms with Crippen LogP contribution in [-0.4, -0.2) is 25.4 Å². The Morgan fingerprint density at radius 3 is 2.48 bits per heavy atom. The van der Waals surface area contributed by atoms with Crippen molar-refractivity contribution in [2.24, 2.45) is 0 Å². The number of pyridine rings is 2. The van der Waals surface area contributed by atoms with Crippen molar-refractivity contribution in [3.05, 3.63) is 154 Å². The number of aromatic nitrogens is 4. The molecular weight excluding hydrogens is 546 g/mol. The van der Waals surface area contributed by atoms with Gasteiger partial charge in [-0.3, -0.25) is 19.1 Å². The molecule has 1 amide bonds. The van der Waals surface area contributed by atoms with Crippen LogP contribution >= 0.6 is 11.6 Å². The Labute approximate surface area is 246 Å². The summed E-state index contributed by atoms with van der Waals surface area (Å²) < 4.78 is 1.60. The van der Waals surface area contributed by atoms with Crippen molar-refractivity contribution in [1.82, 2.24) is 19.5 Å². The number of fused-ring (bicyclic) bond motifs is 1. The van der Waals surface area contributed by atoms with Gasteiger partial charge in [0.05, 0.1) is 5.69 Å². The van der Waals surface area contributed by atoms with Gasteiger partial charge in [0.15, 0.2) is 5.65 Å². The van der Waals surface area contributed by atoms with Crippen molar-refractivity contribution in [3.63, 3.8) is 0 Å². The molecule has 0 atom stereocenters.